The third-order valence-corrected chi connectivity index (χ3v) is 5.82. The molecule has 0 spiro atoms. The van der Waals surface area contributed by atoms with E-state index in [1.807, 2.05) is 56.3 Å². The maximum atomic E-state index is 12.3. The molecule has 0 fully saturated rings. The number of aromatic nitrogens is 2. The lowest BCUT2D eigenvalue weighted by molar-refractivity contribution is -0.125. The van der Waals surface area contributed by atoms with Crippen molar-refractivity contribution in [2.45, 2.75) is 39.7 Å². The predicted molar refractivity (Wildman–Crippen MR) is 116 cm³/mol. The van der Waals surface area contributed by atoms with E-state index in [1.165, 1.54) is 0 Å². The van der Waals surface area contributed by atoms with Gasteiger partial charge in [-0.05, 0) is 37.1 Å². The van der Waals surface area contributed by atoms with Gasteiger partial charge in [-0.25, -0.2) is 4.98 Å². The van der Waals surface area contributed by atoms with Gasteiger partial charge in [-0.1, -0.05) is 55.2 Å². The largest absolute Gasteiger partial charge is 0.355 e. The minimum atomic E-state index is 0.0701. The Bertz CT molecular complexity index is 943. The molecule has 4 nitrogen and oxygen atoms in total. The number of carbonyl (C=O) groups excluding carboxylic acids is 1. The molecule has 1 heterocycles. The van der Waals surface area contributed by atoms with Crippen LogP contribution in [-0.4, -0.2) is 22.0 Å². The first-order valence-corrected chi connectivity index (χ1v) is 10.5. The number of para-hydroxylation sites is 2. The molecular weight excluding hydrogens is 393 g/mol. The van der Waals surface area contributed by atoms with Crippen molar-refractivity contribution in [3.05, 3.63) is 63.9 Å². The summed E-state index contributed by atoms with van der Waals surface area (Å²) in [6.07, 6.45) is 2.35. The van der Waals surface area contributed by atoms with E-state index in [0.29, 0.717) is 29.6 Å². The van der Waals surface area contributed by atoms with Gasteiger partial charge in [0.15, 0.2) is 0 Å². The maximum Gasteiger partial charge on any atom is 0.223 e. The number of nitrogens with zero attached hydrogens (tertiary/aromatic N) is 2. The number of benzene rings is 2. The molecule has 0 bridgehead atoms. The zero-order valence-corrected chi connectivity index (χ0v) is 17.7. The molecule has 28 heavy (non-hydrogen) atoms. The van der Waals surface area contributed by atoms with Crippen molar-refractivity contribution in [1.82, 2.24) is 14.9 Å². The van der Waals surface area contributed by atoms with Crippen LogP contribution in [0.4, 0.5) is 0 Å². The van der Waals surface area contributed by atoms with E-state index in [9.17, 15) is 4.79 Å². The second-order valence-corrected chi connectivity index (χ2v) is 7.67. The number of fused-ring (bicyclic) bond motifs is 1. The van der Waals surface area contributed by atoms with Crippen molar-refractivity contribution < 1.29 is 4.79 Å². The van der Waals surface area contributed by atoms with Gasteiger partial charge in [0, 0.05) is 34.5 Å². The van der Waals surface area contributed by atoms with Gasteiger partial charge in [0.2, 0.25) is 5.91 Å². The molecule has 0 aliphatic heterocycles. The van der Waals surface area contributed by atoms with Crippen molar-refractivity contribution in [2.75, 3.05) is 6.54 Å². The molecular formula is C22H25Cl2N3O. The zero-order chi connectivity index (χ0) is 20.1. The second-order valence-electron chi connectivity index (χ2n) is 6.86. The average molecular weight is 418 g/mol. The first-order valence-electron chi connectivity index (χ1n) is 9.69. The van der Waals surface area contributed by atoms with E-state index >= 15 is 0 Å². The van der Waals surface area contributed by atoms with Gasteiger partial charge in [0.1, 0.15) is 5.82 Å². The lowest BCUT2D eigenvalue weighted by atomic mass is 10.0. The highest BCUT2D eigenvalue weighted by Gasteiger charge is 2.16. The number of hydrogen-bond acceptors (Lipinski definition) is 2. The van der Waals surface area contributed by atoms with Crippen molar-refractivity contribution in [2.24, 2.45) is 5.92 Å². The van der Waals surface area contributed by atoms with Gasteiger partial charge in [-0.3, -0.25) is 4.79 Å². The molecule has 148 valence electrons. The summed E-state index contributed by atoms with van der Waals surface area (Å²) < 4.78 is 2.13. The smallest absolute Gasteiger partial charge is 0.223 e. The third-order valence-electron chi connectivity index (χ3n) is 5.12. The SMILES string of the molecule is CCC(CC)C(=O)NCCc1nc2ccccc2n1Cc1c(Cl)cccc1Cl. The summed E-state index contributed by atoms with van der Waals surface area (Å²) in [4.78, 5) is 17.0. The highest BCUT2D eigenvalue weighted by Crippen LogP contribution is 2.27. The van der Waals surface area contributed by atoms with Crippen LogP contribution in [0.5, 0.6) is 0 Å². The minimum Gasteiger partial charge on any atom is -0.355 e. The molecule has 0 aliphatic rings. The fraction of sp³-hybridized carbons (Fsp3) is 0.364. The van der Waals surface area contributed by atoms with Crippen LogP contribution in [-0.2, 0) is 17.8 Å². The molecule has 0 saturated heterocycles. The van der Waals surface area contributed by atoms with Crippen LogP contribution in [0.25, 0.3) is 11.0 Å². The highest BCUT2D eigenvalue weighted by atomic mass is 35.5. The summed E-state index contributed by atoms with van der Waals surface area (Å²) in [6, 6.07) is 13.5. The van der Waals surface area contributed by atoms with Gasteiger partial charge in [-0.15, -0.1) is 0 Å². The van der Waals surface area contributed by atoms with Gasteiger partial charge >= 0.3 is 0 Å². The number of imidazole rings is 1. The number of nitrogens with one attached hydrogen (secondary N) is 1. The fourth-order valence-electron chi connectivity index (χ4n) is 3.44. The summed E-state index contributed by atoms with van der Waals surface area (Å²) in [5, 5.41) is 4.32. The first-order chi connectivity index (χ1) is 13.5. The summed E-state index contributed by atoms with van der Waals surface area (Å²) in [7, 11) is 0. The van der Waals surface area contributed by atoms with Crippen LogP contribution in [0.3, 0.4) is 0 Å². The Kier molecular flexibility index (Phi) is 6.97. The van der Waals surface area contributed by atoms with Crippen LogP contribution < -0.4 is 5.32 Å². The van der Waals surface area contributed by atoms with E-state index in [-0.39, 0.29) is 11.8 Å². The minimum absolute atomic E-state index is 0.0701. The highest BCUT2D eigenvalue weighted by molar-refractivity contribution is 6.36. The lowest BCUT2D eigenvalue weighted by Gasteiger charge is -2.14. The van der Waals surface area contributed by atoms with E-state index in [4.69, 9.17) is 28.2 Å². The van der Waals surface area contributed by atoms with Crippen LogP contribution in [0, 0.1) is 5.92 Å². The van der Waals surface area contributed by atoms with E-state index in [0.717, 1.165) is 35.3 Å². The fourth-order valence-corrected chi connectivity index (χ4v) is 3.95. The molecule has 0 radical (unpaired) electrons. The molecule has 2 aromatic carbocycles. The van der Waals surface area contributed by atoms with E-state index in [2.05, 4.69) is 9.88 Å². The third kappa shape index (κ3) is 4.50. The predicted octanol–water partition coefficient (Wildman–Crippen LogP) is 5.49. The standard InChI is InChI=1S/C22H25Cl2N3O/c1-3-15(4-2)22(28)25-13-12-21-26-19-10-5-6-11-20(19)27(21)14-16-17(23)8-7-9-18(16)24/h5-11,15H,3-4,12-14H2,1-2H3,(H,25,28). The van der Waals surface area contributed by atoms with E-state index < -0.39 is 0 Å². The quantitative estimate of drug-likeness (QED) is 0.526. The van der Waals surface area contributed by atoms with Crippen LogP contribution in [0.15, 0.2) is 42.5 Å². The van der Waals surface area contributed by atoms with Crippen molar-refractivity contribution in [3.8, 4) is 0 Å². The molecule has 6 heteroatoms. The summed E-state index contributed by atoms with van der Waals surface area (Å²) in [6.45, 7) is 5.17. The molecule has 0 aliphatic carbocycles. The summed E-state index contributed by atoms with van der Waals surface area (Å²) >= 11 is 12.8. The number of amides is 1. The van der Waals surface area contributed by atoms with Crippen molar-refractivity contribution in [1.29, 1.82) is 0 Å². The average Bonchev–Trinajstić information content (AvgIpc) is 3.03. The van der Waals surface area contributed by atoms with Crippen molar-refractivity contribution in [3.63, 3.8) is 0 Å². The van der Waals surface area contributed by atoms with Gasteiger partial charge in [0.25, 0.3) is 0 Å². The molecule has 0 unspecified atom stereocenters. The summed E-state index contributed by atoms with van der Waals surface area (Å²) in [5.74, 6) is 1.09. The van der Waals surface area contributed by atoms with Gasteiger partial charge in [-0.2, -0.15) is 0 Å². The number of halogens is 2. The Morgan fingerprint density at radius 2 is 1.75 bits per heavy atom. The van der Waals surface area contributed by atoms with Gasteiger partial charge < -0.3 is 9.88 Å². The number of rotatable bonds is 8. The Morgan fingerprint density at radius 3 is 2.43 bits per heavy atom. The van der Waals surface area contributed by atoms with E-state index in [1.54, 1.807) is 0 Å². The normalized spacial score (nSPS) is 11.3. The molecule has 0 atom stereocenters. The van der Waals surface area contributed by atoms with Gasteiger partial charge in [0.05, 0.1) is 17.6 Å². The maximum absolute atomic E-state index is 12.3. The molecule has 3 rings (SSSR count). The second kappa shape index (κ2) is 9.44. The first kappa shape index (κ1) is 20.7. The molecule has 3 aromatic rings. The van der Waals surface area contributed by atoms with Crippen molar-refractivity contribution >= 4 is 40.1 Å². The Balaban J connectivity index is 1.84. The number of hydrogen-bond donors (Lipinski definition) is 1. The van der Waals surface area contributed by atoms with Crippen LogP contribution >= 0.6 is 23.2 Å². The topological polar surface area (TPSA) is 46.9 Å². The van der Waals surface area contributed by atoms with Crippen LogP contribution in [0.1, 0.15) is 38.1 Å². The summed E-state index contributed by atoms with van der Waals surface area (Å²) in [5.41, 5.74) is 2.82. The Labute approximate surface area is 175 Å². The number of carbonyl (C=O) groups is 1. The Morgan fingerprint density at radius 1 is 1.07 bits per heavy atom. The molecule has 1 amide bonds. The Hall–Kier alpha value is -2.04. The molecule has 1 aromatic heterocycles. The van der Waals surface area contributed by atoms with Crippen LogP contribution in [0.2, 0.25) is 10.0 Å². The molecule has 1 N–H and O–H groups in total. The molecule has 0 saturated carbocycles. The monoisotopic (exact) mass is 417 g/mol. The lowest BCUT2D eigenvalue weighted by Crippen LogP contribution is -2.32. The zero-order valence-electron chi connectivity index (χ0n) is 16.2.